The number of rotatable bonds is 4. The van der Waals surface area contributed by atoms with Gasteiger partial charge >= 0.3 is 10.1 Å². The Hall–Kier alpha value is -2.41. The van der Waals surface area contributed by atoms with Crippen LogP contribution in [0.15, 0.2) is 53.4 Å². The minimum atomic E-state index is -4.25. The van der Waals surface area contributed by atoms with Crippen LogP contribution in [-0.4, -0.2) is 13.3 Å². The van der Waals surface area contributed by atoms with Gasteiger partial charge in [-0.3, -0.25) is 10.1 Å². The Kier molecular flexibility index (Phi) is 3.71. The molecule has 0 aliphatic carbocycles. The molecule has 0 bridgehead atoms. The van der Waals surface area contributed by atoms with Crippen LogP contribution < -0.4 is 4.18 Å². The summed E-state index contributed by atoms with van der Waals surface area (Å²) in [5.41, 5.74) is 0.306. The summed E-state index contributed by atoms with van der Waals surface area (Å²) >= 11 is 0. The summed E-state index contributed by atoms with van der Waals surface area (Å²) < 4.78 is 29.2. The average Bonchev–Trinajstić information content (AvgIpc) is 2.38. The highest BCUT2D eigenvalue weighted by atomic mass is 32.2. The minimum absolute atomic E-state index is 0.114. The van der Waals surface area contributed by atoms with Crippen molar-refractivity contribution < 1.29 is 17.5 Å². The van der Waals surface area contributed by atoms with E-state index in [9.17, 15) is 18.5 Å². The first-order valence-corrected chi connectivity index (χ1v) is 7.05. The van der Waals surface area contributed by atoms with Crippen LogP contribution in [0.5, 0.6) is 5.75 Å². The molecule has 0 unspecified atom stereocenters. The maximum atomic E-state index is 12.1. The summed E-state index contributed by atoms with van der Waals surface area (Å²) in [4.78, 5) is 9.64. The zero-order valence-corrected chi connectivity index (χ0v) is 11.3. The molecule has 0 radical (unpaired) electrons. The van der Waals surface area contributed by atoms with Gasteiger partial charge in [-0.15, -0.1) is 0 Å². The number of para-hydroxylation sites is 1. The Morgan fingerprint density at radius 2 is 1.80 bits per heavy atom. The second kappa shape index (κ2) is 5.30. The van der Waals surface area contributed by atoms with Crippen molar-refractivity contribution in [1.82, 2.24) is 0 Å². The first kappa shape index (κ1) is 14.0. The molecule has 2 aromatic carbocycles. The van der Waals surface area contributed by atoms with Crippen LogP contribution in [0, 0.1) is 17.0 Å². The number of hydrogen-bond donors (Lipinski definition) is 0. The third kappa shape index (κ3) is 2.94. The molecule has 20 heavy (non-hydrogen) atoms. The second-order valence-electron chi connectivity index (χ2n) is 4.08. The van der Waals surface area contributed by atoms with Gasteiger partial charge in [0.05, 0.1) is 4.92 Å². The van der Waals surface area contributed by atoms with Crippen LogP contribution >= 0.6 is 0 Å². The van der Waals surface area contributed by atoms with E-state index in [1.807, 2.05) is 0 Å². The third-order valence-electron chi connectivity index (χ3n) is 2.53. The lowest BCUT2D eigenvalue weighted by Gasteiger charge is -2.07. The molecule has 0 aliphatic rings. The predicted molar refractivity (Wildman–Crippen MR) is 72.1 cm³/mol. The van der Waals surface area contributed by atoms with Crippen molar-refractivity contribution in [2.75, 3.05) is 0 Å². The van der Waals surface area contributed by atoms with Gasteiger partial charge in [0.15, 0.2) is 4.90 Å². The molecule has 0 saturated heterocycles. The van der Waals surface area contributed by atoms with Crippen molar-refractivity contribution in [3.63, 3.8) is 0 Å². The summed E-state index contributed by atoms with van der Waals surface area (Å²) in [6.45, 7) is 1.78. The second-order valence-corrected chi connectivity index (χ2v) is 5.59. The number of nitrogens with zero attached hydrogens (tertiary/aromatic N) is 1. The van der Waals surface area contributed by atoms with Crippen LogP contribution in [0.4, 0.5) is 5.69 Å². The molecule has 0 aromatic heterocycles. The van der Waals surface area contributed by atoms with Crippen molar-refractivity contribution in [3.8, 4) is 5.75 Å². The summed E-state index contributed by atoms with van der Waals surface area (Å²) in [7, 11) is -4.25. The van der Waals surface area contributed by atoms with Crippen molar-refractivity contribution >= 4 is 15.8 Å². The van der Waals surface area contributed by atoms with Crippen molar-refractivity contribution in [2.45, 2.75) is 11.8 Å². The van der Waals surface area contributed by atoms with Gasteiger partial charge in [0, 0.05) is 6.07 Å². The monoisotopic (exact) mass is 293 g/mol. The smallest absolute Gasteiger partial charge is 0.346 e. The highest BCUT2D eigenvalue weighted by Crippen LogP contribution is 2.26. The van der Waals surface area contributed by atoms with Crippen molar-refractivity contribution in [3.05, 3.63) is 64.2 Å². The summed E-state index contributed by atoms with van der Waals surface area (Å²) in [6.07, 6.45) is 0. The molecule has 2 aromatic rings. The fourth-order valence-corrected chi connectivity index (χ4v) is 2.75. The lowest BCUT2D eigenvalue weighted by molar-refractivity contribution is -0.387. The Morgan fingerprint density at radius 1 is 1.10 bits per heavy atom. The maximum absolute atomic E-state index is 12.1. The van der Waals surface area contributed by atoms with E-state index >= 15 is 0 Å². The zero-order chi connectivity index (χ0) is 14.8. The molecule has 0 spiro atoms. The molecule has 0 heterocycles. The Balaban J connectivity index is 2.44. The van der Waals surface area contributed by atoms with E-state index < -0.39 is 25.6 Å². The topological polar surface area (TPSA) is 86.5 Å². The Labute approximate surface area is 115 Å². The lowest BCUT2D eigenvalue weighted by atomic mass is 10.2. The van der Waals surface area contributed by atoms with E-state index in [1.54, 1.807) is 19.1 Å². The number of aryl methyl sites for hydroxylation is 1. The summed E-state index contributed by atoms with van der Waals surface area (Å²) in [5.74, 6) is 0.114. The minimum Gasteiger partial charge on any atom is -0.379 e. The summed E-state index contributed by atoms with van der Waals surface area (Å²) in [6, 6.07) is 11.5. The van der Waals surface area contributed by atoms with Gasteiger partial charge in [-0.05, 0) is 30.7 Å². The maximum Gasteiger partial charge on any atom is 0.346 e. The molecular formula is C13H11NO5S. The zero-order valence-electron chi connectivity index (χ0n) is 10.5. The predicted octanol–water partition coefficient (Wildman–Crippen LogP) is 2.67. The van der Waals surface area contributed by atoms with E-state index in [4.69, 9.17) is 4.18 Å². The molecule has 0 amide bonds. The molecule has 104 valence electrons. The van der Waals surface area contributed by atoms with Gasteiger partial charge in [-0.2, -0.15) is 8.42 Å². The van der Waals surface area contributed by atoms with E-state index in [1.165, 1.54) is 24.3 Å². The number of nitro groups is 1. The van der Waals surface area contributed by atoms with Gasteiger partial charge in [-0.1, -0.05) is 24.3 Å². The number of hydrogen-bond acceptors (Lipinski definition) is 5. The Bertz CT molecular complexity index is 755. The molecule has 0 saturated carbocycles. The molecular weight excluding hydrogens is 282 g/mol. The molecule has 7 heteroatoms. The van der Waals surface area contributed by atoms with E-state index in [-0.39, 0.29) is 5.75 Å². The first-order chi connectivity index (χ1) is 9.40. The van der Waals surface area contributed by atoms with Crippen LogP contribution in [-0.2, 0) is 10.1 Å². The van der Waals surface area contributed by atoms with Crippen LogP contribution in [0.3, 0.4) is 0 Å². The quantitative estimate of drug-likeness (QED) is 0.491. The van der Waals surface area contributed by atoms with Crippen molar-refractivity contribution in [1.29, 1.82) is 0 Å². The molecule has 0 atom stereocenters. The normalized spacial score (nSPS) is 11.1. The van der Waals surface area contributed by atoms with Crippen LogP contribution in [0.25, 0.3) is 0 Å². The van der Waals surface area contributed by atoms with Gasteiger partial charge < -0.3 is 4.18 Å². The SMILES string of the molecule is Cc1cccc(OS(=O)(=O)c2ccccc2[N+](=O)[O-])c1. The molecule has 0 aliphatic heterocycles. The summed E-state index contributed by atoms with van der Waals surface area (Å²) in [5, 5.41) is 10.9. The standard InChI is InChI=1S/C13H11NO5S/c1-10-5-4-6-11(9-10)19-20(17,18)13-8-3-2-7-12(13)14(15)16/h2-9H,1H3. The fourth-order valence-electron chi connectivity index (χ4n) is 1.66. The lowest BCUT2D eigenvalue weighted by Crippen LogP contribution is -2.11. The first-order valence-electron chi connectivity index (χ1n) is 5.65. The van der Waals surface area contributed by atoms with Crippen molar-refractivity contribution in [2.24, 2.45) is 0 Å². The molecule has 6 nitrogen and oxygen atoms in total. The molecule has 2 rings (SSSR count). The van der Waals surface area contributed by atoms with Gasteiger partial charge in [-0.25, -0.2) is 0 Å². The fraction of sp³-hybridized carbons (Fsp3) is 0.0769. The van der Waals surface area contributed by atoms with Crippen LogP contribution in [0.1, 0.15) is 5.56 Å². The molecule has 0 fully saturated rings. The van der Waals surface area contributed by atoms with E-state index in [0.717, 1.165) is 17.7 Å². The molecule has 0 N–H and O–H groups in total. The average molecular weight is 293 g/mol. The third-order valence-corrected chi connectivity index (χ3v) is 3.82. The van der Waals surface area contributed by atoms with Gasteiger partial charge in [0.25, 0.3) is 5.69 Å². The van der Waals surface area contributed by atoms with Crippen LogP contribution in [0.2, 0.25) is 0 Å². The van der Waals surface area contributed by atoms with E-state index in [2.05, 4.69) is 0 Å². The van der Waals surface area contributed by atoms with E-state index in [0.29, 0.717) is 0 Å². The van der Waals surface area contributed by atoms with Gasteiger partial charge in [0.2, 0.25) is 0 Å². The van der Waals surface area contributed by atoms with Gasteiger partial charge in [0.1, 0.15) is 5.75 Å². The largest absolute Gasteiger partial charge is 0.379 e. The number of benzene rings is 2. The highest BCUT2D eigenvalue weighted by molar-refractivity contribution is 7.87. The Morgan fingerprint density at radius 3 is 2.45 bits per heavy atom. The number of nitro benzene ring substituents is 1. The highest BCUT2D eigenvalue weighted by Gasteiger charge is 2.27.